The molecule has 2 aromatic heterocycles. The first-order chi connectivity index (χ1) is 9.98. The summed E-state index contributed by atoms with van der Waals surface area (Å²) in [4.78, 5) is 18.8. The Kier molecular flexibility index (Phi) is 3.01. The average molecular weight is 290 g/mol. The highest BCUT2D eigenvalue weighted by atomic mass is 19.4. The average Bonchev–Trinajstić information content (AvgIpc) is 2.46. The molecule has 0 atom stereocenters. The van der Waals surface area contributed by atoms with Crippen LogP contribution in [0.5, 0.6) is 0 Å². The van der Waals surface area contributed by atoms with Crippen LogP contribution in [-0.2, 0) is 6.18 Å². The van der Waals surface area contributed by atoms with Crippen molar-refractivity contribution in [2.24, 2.45) is 0 Å². The second-order valence-corrected chi connectivity index (χ2v) is 4.46. The van der Waals surface area contributed by atoms with Crippen molar-refractivity contribution < 1.29 is 13.2 Å². The van der Waals surface area contributed by atoms with Crippen LogP contribution in [0.4, 0.5) is 13.2 Å². The molecule has 0 bridgehead atoms. The van der Waals surface area contributed by atoms with Crippen LogP contribution >= 0.6 is 0 Å². The van der Waals surface area contributed by atoms with Gasteiger partial charge >= 0.3 is 6.18 Å². The summed E-state index contributed by atoms with van der Waals surface area (Å²) in [6, 6.07) is 10.7. The van der Waals surface area contributed by atoms with E-state index in [0.717, 1.165) is 0 Å². The lowest BCUT2D eigenvalue weighted by Gasteiger charge is -2.13. The lowest BCUT2D eigenvalue weighted by Crippen LogP contribution is -2.22. The maximum absolute atomic E-state index is 13.3. The molecule has 0 aliphatic carbocycles. The van der Waals surface area contributed by atoms with Gasteiger partial charge in [-0.25, -0.2) is 0 Å². The standard InChI is InChI=1S/C15H9F3N2O/c16-15(17,18)12-13(11-7-3-4-8-19-11)20-10-6-2-1-5-9(10)14(12)21/h1-8H,(H,20,21). The van der Waals surface area contributed by atoms with E-state index in [-0.39, 0.29) is 16.8 Å². The number of nitrogens with zero attached hydrogens (tertiary/aromatic N) is 1. The number of halogens is 3. The van der Waals surface area contributed by atoms with Crippen LogP contribution in [0, 0.1) is 0 Å². The molecule has 3 rings (SSSR count). The highest BCUT2D eigenvalue weighted by molar-refractivity contribution is 5.82. The van der Waals surface area contributed by atoms with Gasteiger partial charge in [0, 0.05) is 17.1 Å². The maximum atomic E-state index is 13.3. The second kappa shape index (κ2) is 4.73. The predicted molar refractivity (Wildman–Crippen MR) is 72.8 cm³/mol. The summed E-state index contributed by atoms with van der Waals surface area (Å²) < 4.78 is 39.8. The van der Waals surface area contributed by atoms with Crippen molar-refractivity contribution in [2.45, 2.75) is 6.18 Å². The molecule has 0 spiro atoms. The number of fused-ring (bicyclic) bond motifs is 1. The zero-order valence-corrected chi connectivity index (χ0v) is 10.6. The van der Waals surface area contributed by atoms with Gasteiger partial charge in [-0.05, 0) is 24.3 Å². The van der Waals surface area contributed by atoms with Crippen molar-refractivity contribution in [3.63, 3.8) is 0 Å². The molecule has 0 unspecified atom stereocenters. The van der Waals surface area contributed by atoms with E-state index < -0.39 is 17.2 Å². The fourth-order valence-electron chi connectivity index (χ4n) is 2.21. The number of hydrogen-bond acceptors (Lipinski definition) is 2. The van der Waals surface area contributed by atoms with Crippen molar-refractivity contribution in [3.05, 3.63) is 64.4 Å². The number of benzene rings is 1. The van der Waals surface area contributed by atoms with Gasteiger partial charge in [-0.1, -0.05) is 18.2 Å². The normalized spacial score (nSPS) is 11.8. The quantitative estimate of drug-likeness (QED) is 0.744. The largest absolute Gasteiger partial charge is 0.422 e. The Morgan fingerprint density at radius 1 is 1.00 bits per heavy atom. The SMILES string of the molecule is O=c1c(C(F)(F)F)c(-c2ccccn2)[nH]c2ccccc12. The van der Waals surface area contributed by atoms with E-state index in [4.69, 9.17) is 0 Å². The van der Waals surface area contributed by atoms with Gasteiger partial charge < -0.3 is 4.98 Å². The number of pyridine rings is 2. The molecule has 1 N–H and O–H groups in total. The van der Waals surface area contributed by atoms with Crippen LogP contribution in [0.3, 0.4) is 0 Å². The summed E-state index contributed by atoms with van der Waals surface area (Å²) in [6.45, 7) is 0. The number of hydrogen-bond donors (Lipinski definition) is 1. The Morgan fingerprint density at radius 2 is 1.71 bits per heavy atom. The van der Waals surface area contributed by atoms with E-state index in [0.29, 0.717) is 5.52 Å². The third-order valence-electron chi connectivity index (χ3n) is 3.11. The number of aromatic nitrogens is 2. The van der Waals surface area contributed by atoms with Gasteiger partial charge in [-0.3, -0.25) is 9.78 Å². The van der Waals surface area contributed by atoms with Crippen LogP contribution in [0.2, 0.25) is 0 Å². The van der Waals surface area contributed by atoms with E-state index >= 15 is 0 Å². The van der Waals surface area contributed by atoms with Gasteiger partial charge in [0.05, 0.1) is 11.4 Å². The number of H-pyrrole nitrogens is 1. The molecule has 6 heteroatoms. The molecular weight excluding hydrogens is 281 g/mol. The first-order valence-electron chi connectivity index (χ1n) is 6.12. The number of rotatable bonds is 1. The highest BCUT2D eigenvalue weighted by Gasteiger charge is 2.38. The van der Waals surface area contributed by atoms with E-state index in [2.05, 4.69) is 9.97 Å². The van der Waals surface area contributed by atoms with E-state index in [9.17, 15) is 18.0 Å². The second-order valence-electron chi connectivity index (χ2n) is 4.46. The summed E-state index contributed by atoms with van der Waals surface area (Å²) in [6.07, 6.45) is -3.38. The van der Waals surface area contributed by atoms with Crippen molar-refractivity contribution in [1.29, 1.82) is 0 Å². The molecule has 0 radical (unpaired) electrons. The fraction of sp³-hybridized carbons (Fsp3) is 0.0667. The molecule has 106 valence electrons. The van der Waals surface area contributed by atoms with Gasteiger partial charge in [0.1, 0.15) is 5.56 Å². The van der Waals surface area contributed by atoms with Crippen LogP contribution in [0.25, 0.3) is 22.3 Å². The number of alkyl halides is 3. The van der Waals surface area contributed by atoms with Crippen LogP contribution in [0.1, 0.15) is 5.56 Å². The Labute approximate surface area is 117 Å². The van der Waals surface area contributed by atoms with Crippen LogP contribution in [-0.4, -0.2) is 9.97 Å². The van der Waals surface area contributed by atoms with E-state index in [1.807, 2.05) is 0 Å². The molecule has 0 amide bonds. The van der Waals surface area contributed by atoms with Crippen molar-refractivity contribution in [3.8, 4) is 11.4 Å². The van der Waals surface area contributed by atoms with E-state index in [1.54, 1.807) is 24.3 Å². The Bertz CT molecular complexity index is 854. The predicted octanol–water partition coefficient (Wildman–Crippen LogP) is 3.61. The van der Waals surface area contributed by atoms with Gasteiger partial charge in [0.15, 0.2) is 0 Å². The summed E-state index contributed by atoms with van der Waals surface area (Å²) in [5.41, 5.74) is -2.16. The minimum atomic E-state index is -4.76. The van der Waals surface area contributed by atoms with Gasteiger partial charge in [0.2, 0.25) is 5.43 Å². The minimum absolute atomic E-state index is 0.00417. The molecule has 1 aromatic carbocycles. The van der Waals surface area contributed by atoms with E-state index in [1.165, 1.54) is 24.4 Å². The molecule has 0 saturated carbocycles. The topological polar surface area (TPSA) is 45.8 Å². The third-order valence-corrected chi connectivity index (χ3v) is 3.11. The lowest BCUT2D eigenvalue weighted by molar-refractivity contribution is -0.137. The zero-order valence-electron chi connectivity index (χ0n) is 10.6. The maximum Gasteiger partial charge on any atom is 0.422 e. The van der Waals surface area contributed by atoms with Gasteiger partial charge in [-0.2, -0.15) is 13.2 Å². The van der Waals surface area contributed by atoms with Crippen molar-refractivity contribution >= 4 is 10.9 Å². The number of para-hydroxylation sites is 1. The molecule has 0 aliphatic rings. The third kappa shape index (κ3) is 2.29. The molecule has 21 heavy (non-hydrogen) atoms. The van der Waals surface area contributed by atoms with Gasteiger partial charge in [-0.15, -0.1) is 0 Å². The van der Waals surface area contributed by atoms with Crippen molar-refractivity contribution in [2.75, 3.05) is 0 Å². The van der Waals surface area contributed by atoms with Crippen LogP contribution in [0.15, 0.2) is 53.5 Å². The molecule has 2 heterocycles. The van der Waals surface area contributed by atoms with Crippen molar-refractivity contribution in [1.82, 2.24) is 9.97 Å². The smallest absolute Gasteiger partial charge is 0.353 e. The Hall–Kier alpha value is -2.63. The number of aromatic amines is 1. The lowest BCUT2D eigenvalue weighted by atomic mass is 10.1. The Morgan fingerprint density at radius 3 is 2.38 bits per heavy atom. The number of nitrogens with one attached hydrogen (secondary N) is 1. The molecular formula is C15H9F3N2O. The molecule has 0 fully saturated rings. The van der Waals surface area contributed by atoms with Gasteiger partial charge in [0.25, 0.3) is 0 Å². The summed E-state index contributed by atoms with van der Waals surface area (Å²) in [7, 11) is 0. The first-order valence-corrected chi connectivity index (χ1v) is 6.12. The zero-order chi connectivity index (χ0) is 15.0. The highest BCUT2D eigenvalue weighted by Crippen LogP contribution is 2.34. The molecule has 0 saturated heterocycles. The fourth-order valence-corrected chi connectivity index (χ4v) is 2.21. The summed E-state index contributed by atoms with van der Waals surface area (Å²) >= 11 is 0. The minimum Gasteiger partial charge on any atom is -0.353 e. The molecule has 3 nitrogen and oxygen atoms in total. The summed E-state index contributed by atoms with van der Waals surface area (Å²) in [5, 5.41) is 0.00417. The monoisotopic (exact) mass is 290 g/mol. The first kappa shape index (κ1) is 13.4. The molecule has 0 aliphatic heterocycles. The Balaban J connectivity index is 2.45. The van der Waals surface area contributed by atoms with Crippen LogP contribution < -0.4 is 5.43 Å². The summed E-state index contributed by atoms with van der Waals surface area (Å²) in [5.74, 6) is 0. The molecule has 3 aromatic rings.